The summed E-state index contributed by atoms with van der Waals surface area (Å²) in [6.45, 7) is 6.45. The molecule has 2 aromatic carbocycles. The Morgan fingerprint density at radius 1 is 1.12 bits per heavy atom. The molecule has 0 radical (unpaired) electrons. The molecule has 0 saturated carbocycles. The fraction of sp³-hybridized carbons (Fsp3) is 0.238. The van der Waals surface area contributed by atoms with E-state index in [-0.39, 0.29) is 12.3 Å². The zero-order valence-electron chi connectivity index (χ0n) is 15.2. The second-order valence-corrected chi connectivity index (χ2v) is 7.27. The summed E-state index contributed by atoms with van der Waals surface area (Å²) >= 11 is 1.51. The molecule has 0 fully saturated rings. The molecule has 4 nitrogen and oxygen atoms in total. The highest BCUT2D eigenvalue weighted by atomic mass is 32.1. The molecule has 0 saturated heterocycles. The number of thiazole rings is 1. The van der Waals surface area contributed by atoms with Gasteiger partial charge >= 0.3 is 0 Å². The molecule has 1 heterocycles. The van der Waals surface area contributed by atoms with Gasteiger partial charge in [-0.1, -0.05) is 30.3 Å². The number of carbonyl (C=O) groups excluding carboxylic acids is 1. The number of para-hydroxylation sites is 1. The van der Waals surface area contributed by atoms with Crippen LogP contribution in [0.25, 0.3) is 0 Å². The van der Waals surface area contributed by atoms with E-state index in [1.807, 2.05) is 62.5 Å². The van der Waals surface area contributed by atoms with Gasteiger partial charge in [-0.2, -0.15) is 0 Å². The largest absolute Gasteiger partial charge is 0.486 e. The summed E-state index contributed by atoms with van der Waals surface area (Å²) < 4.78 is 5.88. The van der Waals surface area contributed by atoms with Crippen LogP contribution in [0, 0.1) is 20.8 Å². The highest BCUT2D eigenvalue weighted by Crippen LogP contribution is 2.21. The van der Waals surface area contributed by atoms with Crippen molar-refractivity contribution < 1.29 is 9.53 Å². The number of aromatic nitrogens is 1. The molecule has 0 aliphatic rings. The Hall–Kier alpha value is -2.66. The van der Waals surface area contributed by atoms with Gasteiger partial charge in [0.2, 0.25) is 5.91 Å². The molecule has 0 unspecified atom stereocenters. The molecule has 3 aromatic rings. The number of hydrogen-bond donors (Lipinski definition) is 1. The van der Waals surface area contributed by atoms with Gasteiger partial charge in [-0.15, -0.1) is 11.3 Å². The average Bonchev–Trinajstić information content (AvgIpc) is 3.05. The van der Waals surface area contributed by atoms with Gasteiger partial charge in [0.15, 0.2) is 0 Å². The zero-order valence-corrected chi connectivity index (χ0v) is 16.0. The molecule has 0 bridgehead atoms. The lowest BCUT2D eigenvalue weighted by Crippen LogP contribution is -2.15. The Labute approximate surface area is 157 Å². The molecular formula is C21H22N2O2S. The van der Waals surface area contributed by atoms with Crippen LogP contribution < -0.4 is 10.1 Å². The first-order valence-electron chi connectivity index (χ1n) is 8.50. The number of ether oxygens (including phenoxy) is 1. The number of amides is 1. The maximum absolute atomic E-state index is 12.2. The second-order valence-electron chi connectivity index (χ2n) is 6.33. The zero-order chi connectivity index (χ0) is 18.5. The molecule has 0 atom stereocenters. The maximum Gasteiger partial charge on any atom is 0.230 e. The second kappa shape index (κ2) is 8.15. The molecule has 0 aliphatic heterocycles. The molecule has 134 valence electrons. The number of rotatable bonds is 6. The van der Waals surface area contributed by atoms with Crippen LogP contribution in [0.15, 0.2) is 47.8 Å². The normalized spacial score (nSPS) is 10.6. The Kier molecular flexibility index (Phi) is 5.68. The molecule has 3 rings (SSSR count). The number of carbonyl (C=O) groups is 1. The van der Waals surface area contributed by atoms with Crippen molar-refractivity contribution in [2.24, 2.45) is 0 Å². The minimum atomic E-state index is -0.0633. The van der Waals surface area contributed by atoms with Gasteiger partial charge in [0.1, 0.15) is 17.4 Å². The first kappa shape index (κ1) is 18.1. The minimum absolute atomic E-state index is 0.0633. The SMILES string of the molecule is Cc1ccc(C)c(OCc2nc(CC(=O)Nc3ccccc3C)cs2)c1. The van der Waals surface area contributed by atoms with Crippen molar-refractivity contribution in [1.29, 1.82) is 0 Å². The molecule has 1 amide bonds. The van der Waals surface area contributed by atoms with E-state index in [9.17, 15) is 4.79 Å². The Morgan fingerprint density at radius 3 is 2.73 bits per heavy atom. The Bertz CT molecular complexity index is 918. The number of aryl methyl sites for hydroxylation is 3. The monoisotopic (exact) mass is 366 g/mol. The number of hydrogen-bond acceptors (Lipinski definition) is 4. The van der Waals surface area contributed by atoms with Gasteiger partial charge in [0.25, 0.3) is 0 Å². The van der Waals surface area contributed by atoms with Crippen molar-refractivity contribution in [3.8, 4) is 5.75 Å². The fourth-order valence-corrected chi connectivity index (χ4v) is 3.28. The van der Waals surface area contributed by atoms with Crippen molar-refractivity contribution >= 4 is 22.9 Å². The van der Waals surface area contributed by atoms with Gasteiger partial charge in [-0.3, -0.25) is 4.79 Å². The van der Waals surface area contributed by atoms with Crippen LogP contribution >= 0.6 is 11.3 Å². The first-order chi connectivity index (χ1) is 12.5. The molecule has 0 aliphatic carbocycles. The van der Waals surface area contributed by atoms with E-state index < -0.39 is 0 Å². The van der Waals surface area contributed by atoms with Gasteiger partial charge in [0.05, 0.1) is 12.1 Å². The summed E-state index contributed by atoms with van der Waals surface area (Å²) in [7, 11) is 0. The van der Waals surface area contributed by atoms with Gasteiger partial charge in [0, 0.05) is 11.1 Å². The van der Waals surface area contributed by atoms with Crippen LogP contribution in [-0.4, -0.2) is 10.9 Å². The van der Waals surface area contributed by atoms with E-state index in [1.165, 1.54) is 16.9 Å². The average molecular weight is 366 g/mol. The van der Waals surface area contributed by atoms with Gasteiger partial charge < -0.3 is 10.1 Å². The highest BCUT2D eigenvalue weighted by Gasteiger charge is 2.10. The Balaban J connectivity index is 1.57. The van der Waals surface area contributed by atoms with Crippen molar-refractivity contribution in [3.63, 3.8) is 0 Å². The van der Waals surface area contributed by atoms with Crippen molar-refractivity contribution in [1.82, 2.24) is 4.98 Å². The Morgan fingerprint density at radius 2 is 1.92 bits per heavy atom. The summed E-state index contributed by atoms with van der Waals surface area (Å²) in [5.74, 6) is 0.811. The van der Waals surface area contributed by atoms with Crippen LogP contribution in [0.4, 0.5) is 5.69 Å². The molecule has 26 heavy (non-hydrogen) atoms. The van der Waals surface area contributed by atoms with E-state index >= 15 is 0 Å². The fourth-order valence-electron chi connectivity index (χ4n) is 2.57. The third kappa shape index (κ3) is 4.70. The summed E-state index contributed by atoms with van der Waals surface area (Å²) in [5.41, 5.74) is 4.91. The topological polar surface area (TPSA) is 51.2 Å². The van der Waals surface area contributed by atoms with E-state index in [1.54, 1.807) is 0 Å². The molecular weight excluding hydrogens is 344 g/mol. The summed E-state index contributed by atoms with van der Waals surface area (Å²) in [6, 6.07) is 13.9. The summed E-state index contributed by atoms with van der Waals surface area (Å²) in [4.78, 5) is 16.7. The van der Waals surface area contributed by atoms with Gasteiger partial charge in [-0.25, -0.2) is 4.98 Å². The van der Waals surface area contributed by atoms with Crippen LogP contribution in [0.3, 0.4) is 0 Å². The third-order valence-electron chi connectivity index (χ3n) is 4.05. The predicted octanol–water partition coefficient (Wildman–Crippen LogP) is 4.83. The number of anilines is 1. The van der Waals surface area contributed by atoms with E-state index in [2.05, 4.69) is 16.4 Å². The van der Waals surface area contributed by atoms with Gasteiger partial charge in [-0.05, 0) is 49.6 Å². The van der Waals surface area contributed by atoms with Crippen LogP contribution in [-0.2, 0) is 17.8 Å². The lowest BCUT2D eigenvalue weighted by atomic mass is 10.1. The highest BCUT2D eigenvalue weighted by molar-refractivity contribution is 7.09. The molecule has 0 spiro atoms. The van der Waals surface area contributed by atoms with Crippen molar-refractivity contribution in [2.75, 3.05) is 5.32 Å². The molecule has 1 N–H and O–H groups in total. The third-order valence-corrected chi connectivity index (χ3v) is 4.93. The van der Waals surface area contributed by atoms with E-state index in [4.69, 9.17) is 4.74 Å². The quantitative estimate of drug-likeness (QED) is 0.680. The van der Waals surface area contributed by atoms with E-state index in [0.29, 0.717) is 6.61 Å². The standard InChI is InChI=1S/C21H22N2O2S/c1-14-8-9-16(3)19(10-14)25-12-21-22-17(13-26-21)11-20(24)23-18-7-5-4-6-15(18)2/h4-10,13H,11-12H2,1-3H3,(H,23,24). The first-order valence-corrected chi connectivity index (χ1v) is 9.38. The minimum Gasteiger partial charge on any atom is -0.486 e. The van der Waals surface area contributed by atoms with Crippen LogP contribution in [0.2, 0.25) is 0 Å². The van der Waals surface area contributed by atoms with Crippen LogP contribution in [0.1, 0.15) is 27.4 Å². The van der Waals surface area contributed by atoms with Crippen molar-refractivity contribution in [3.05, 3.63) is 75.2 Å². The lowest BCUT2D eigenvalue weighted by Gasteiger charge is -2.08. The number of nitrogens with zero attached hydrogens (tertiary/aromatic N) is 1. The maximum atomic E-state index is 12.2. The van der Waals surface area contributed by atoms with E-state index in [0.717, 1.165) is 33.3 Å². The van der Waals surface area contributed by atoms with Crippen LogP contribution in [0.5, 0.6) is 5.75 Å². The molecule has 5 heteroatoms. The summed E-state index contributed by atoms with van der Waals surface area (Å²) in [6.07, 6.45) is 0.258. The smallest absolute Gasteiger partial charge is 0.230 e. The summed E-state index contributed by atoms with van der Waals surface area (Å²) in [5, 5.41) is 5.72. The predicted molar refractivity (Wildman–Crippen MR) is 106 cm³/mol. The van der Waals surface area contributed by atoms with Crippen molar-refractivity contribution in [2.45, 2.75) is 33.8 Å². The number of benzene rings is 2. The molecule has 1 aromatic heterocycles. The lowest BCUT2D eigenvalue weighted by molar-refractivity contribution is -0.115. The number of nitrogens with one attached hydrogen (secondary N) is 1.